The number of nitrogens with one attached hydrogen (secondary N) is 1. The van der Waals surface area contributed by atoms with Crippen LogP contribution in [0.15, 0.2) is 30.3 Å². The van der Waals surface area contributed by atoms with E-state index in [1.165, 1.54) is 4.31 Å². The third kappa shape index (κ3) is 4.89. The molecule has 1 unspecified atom stereocenters. The summed E-state index contributed by atoms with van der Waals surface area (Å²) in [6, 6.07) is 9.24. The standard InChI is InChI=1S/C19H28N4O4S/c1-2-21-9-11-22(12-10-21)28(26,27)13-8-20-19(25)16-14-18(24)23(15-16)17-6-4-3-5-7-17/h3-7,16H,2,8-15H2,1H3,(H,20,25). The number of para-hydroxylation sites is 1. The van der Waals surface area contributed by atoms with Gasteiger partial charge in [-0.1, -0.05) is 25.1 Å². The quantitative estimate of drug-likeness (QED) is 0.692. The first-order valence-corrected chi connectivity index (χ1v) is 11.3. The Hall–Kier alpha value is -1.97. The average molecular weight is 409 g/mol. The number of hydrogen-bond donors (Lipinski definition) is 1. The maximum Gasteiger partial charge on any atom is 0.227 e. The predicted molar refractivity (Wildman–Crippen MR) is 107 cm³/mol. The van der Waals surface area contributed by atoms with Gasteiger partial charge in [-0.15, -0.1) is 0 Å². The highest BCUT2D eigenvalue weighted by Gasteiger charge is 2.35. The molecule has 154 valence electrons. The zero-order chi connectivity index (χ0) is 20.1. The van der Waals surface area contributed by atoms with E-state index in [1.54, 1.807) is 4.90 Å². The molecule has 1 aromatic carbocycles. The number of hydrogen-bond acceptors (Lipinski definition) is 5. The minimum Gasteiger partial charge on any atom is -0.355 e. The Morgan fingerprint density at radius 3 is 2.46 bits per heavy atom. The molecule has 2 fully saturated rings. The molecule has 0 aliphatic carbocycles. The fourth-order valence-corrected chi connectivity index (χ4v) is 4.98. The first-order valence-electron chi connectivity index (χ1n) is 9.74. The van der Waals surface area contributed by atoms with Gasteiger partial charge in [-0.05, 0) is 18.7 Å². The third-order valence-electron chi connectivity index (χ3n) is 5.39. The fraction of sp³-hybridized carbons (Fsp3) is 0.579. The van der Waals surface area contributed by atoms with Gasteiger partial charge in [0.05, 0.1) is 11.7 Å². The van der Waals surface area contributed by atoms with Crippen LogP contribution in [0.25, 0.3) is 0 Å². The van der Waals surface area contributed by atoms with E-state index < -0.39 is 15.9 Å². The number of anilines is 1. The van der Waals surface area contributed by atoms with Gasteiger partial charge in [-0.25, -0.2) is 8.42 Å². The number of sulfonamides is 1. The summed E-state index contributed by atoms with van der Waals surface area (Å²) in [6.45, 7) is 5.83. The van der Waals surface area contributed by atoms with Gasteiger partial charge in [0.25, 0.3) is 0 Å². The van der Waals surface area contributed by atoms with E-state index in [2.05, 4.69) is 17.1 Å². The summed E-state index contributed by atoms with van der Waals surface area (Å²) >= 11 is 0. The van der Waals surface area contributed by atoms with E-state index in [0.29, 0.717) is 19.6 Å². The molecular weight excluding hydrogens is 380 g/mol. The monoisotopic (exact) mass is 408 g/mol. The lowest BCUT2D eigenvalue weighted by atomic mass is 10.1. The number of nitrogens with zero attached hydrogens (tertiary/aromatic N) is 3. The zero-order valence-electron chi connectivity index (χ0n) is 16.2. The van der Waals surface area contributed by atoms with E-state index in [9.17, 15) is 18.0 Å². The lowest BCUT2D eigenvalue weighted by Crippen LogP contribution is -2.50. The van der Waals surface area contributed by atoms with Crippen molar-refractivity contribution in [1.82, 2.24) is 14.5 Å². The summed E-state index contributed by atoms with van der Waals surface area (Å²) in [5.74, 6) is -0.928. The van der Waals surface area contributed by atoms with E-state index in [1.807, 2.05) is 30.3 Å². The zero-order valence-corrected chi connectivity index (χ0v) is 17.0. The fourth-order valence-electron chi connectivity index (χ4n) is 3.64. The Morgan fingerprint density at radius 1 is 1.14 bits per heavy atom. The molecule has 1 N–H and O–H groups in total. The first-order chi connectivity index (χ1) is 13.4. The summed E-state index contributed by atoms with van der Waals surface area (Å²) in [5.41, 5.74) is 0.775. The van der Waals surface area contributed by atoms with Crippen LogP contribution in [0.4, 0.5) is 5.69 Å². The van der Waals surface area contributed by atoms with Crippen LogP contribution in [0.5, 0.6) is 0 Å². The summed E-state index contributed by atoms with van der Waals surface area (Å²) in [5, 5.41) is 2.70. The maximum atomic E-state index is 12.5. The molecule has 0 spiro atoms. The SMILES string of the molecule is CCN1CCN(S(=O)(=O)CCNC(=O)C2CC(=O)N(c3ccccc3)C2)CC1. The van der Waals surface area contributed by atoms with Crippen LogP contribution in [0.2, 0.25) is 0 Å². The third-order valence-corrected chi connectivity index (χ3v) is 7.27. The van der Waals surface area contributed by atoms with Gasteiger partial charge in [-0.2, -0.15) is 4.31 Å². The second-order valence-corrected chi connectivity index (χ2v) is 9.27. The molecule has 1 atom stereocenters. The van der Waals surface area contributed by atoms with Gasteiger partial charge in [0.15, 0.2) is 0 Å². The van der Waals surface area contributed by atoms with Crippen molar-refractivity contribution in [3.05, 3.63) is 30.3 Å². The number of carbonyl (C=O) groups is 2. The van der Waals surface area contributed by atoms with Crippen molar-refractivity contribution in [2.45, 2.75) is 13.3 Å². The van der Waals surface area contributed by atoms with Crippen LogP contribution in [0, 0.1) is 5.92 Å². The molecule has 0 radical (unpaired) electrons. The molecule has 9 heteroatoms. The van der Waals surface area contributed by atoms with E-state index in [-0.39, 0.29) is 30.5 Å². The van der Waals surface area contributed by atoms with E-state index in [0.717, 1.165) is 25.3 Å². The van der Waals surface area contributed by atoms with Gasteiger partial charge in [-0.3, -0.25) is 9.59 Å². The van der Waals surface area contributed by atoms with Gasteiger partial charge in [0.2, 0.25) is 21.8 Å². The van der Waals surface area contributed by atoms with Crippen molar-refractivity contribution in [3.63, 3.8) is 0 Å². The highest BCUT2D eigenvalue weighted by Crippen LogP contribution is 2.24. The Bertz CT molecular complexity index is 791. The van der Waals surface area contributed by atoms with E-state index in [4.69, 9.17) is 0 Å². The van der Waals surface area contributed by atoms with Gasteiger partial charge >= 0.3 is 0 Å². The normalized spacial score (nSPS) is 21.8. The molecule has 2 heterocycles. The molecule has 0 aromatic heterocycles. The summed E-state index contributed by atoms with van der Waals surface area (Å²) in [7, 11) is -3.38. The highest BCUT2D eigenvalue weighted by molar-refractivity contribution is 7.89. The van der Waals surface area contributed by atoms with Crippen molar-refractivity contribution in [1.29, 1.82) is 0 Å². The minimum absolute atomic E-state index is 0.0607. The van der Waals surface area contributed by atoms with Crippen LogP contribution in [-0.2, 0) is 19.6 Å². The molecule has 28 heavy (non-hydrogen) atoms. The van der Waals surface area contributed by atoms with Gasteiger partial charge < -0.3 is 15.1 Å². The summed E-state index contributed by atoms with van der Waals surface area (Å²) in [6.07, 6.45) is 0.145. The average Bonchev–Trinajstić information content (AvgIpc) is 3.10. The lowest BCUT2D eigenvalue weighted by molar-refractivity contribution is -0.126. The predicted octanol–water partition coefficient (Wildman–Crippen LogP) is 0.123. The second-order valence-electron chi connectivity index (χ2n) is 7.18. The highest BCUT2D eigenvalue weighted by atomic mass is 32.2. The molecule has 2 saturated heterocycles. The van der Waals surface area contributed by atoms with Crippen LogP contribution >= 0.6 is 0 Å². The van der Waals surface area contributed by atoms with Crippen LogP contribution in [0.1, 0.15) is 13.3 Å². The minimum atomic E-state index is -3.38. The molecule has 0 bridgehead atoms. The summed E-state index contributed by atoms with van der Waals surface area (Å²) in [4.78, 5) is 28.4. The Morgan fingerprint density at radius 2 is 1.82 bits per heavy atom. The largest absolute Gasteiger partial charge is 0.355 e. The Kier molecular flexibility index (Phi) is 6.69. The van der Waals surface area contributed by atoms with Crippen molar-refractivity contribution < 1.29 is 18.0 Å². The van der Waals surface area contributed by atoms with Crippen LogP contribution in [-0.4, -0.2) is 81.0 Å². The Labute approximate surface area is 166 Å². The number of rotatable bonds is 7. The van der Waals surface area contributed by atoms with Crippen molar-refractivity contribution >= 4 is 27.5 Å². The second kappa shape index (κ2) is 9.02. The Balaban J connectivity index is 1.46. The number of benzene rings is 1. The lowest BCUT2D eigenvalue weighted by Gasteiger charge is -2.33. The smallest absolute Gasteiger partial charge is 0.227 e. The van der Waals surface area contributed by atoms with Gasteiger partial charge in [0.1, 0.15) is 0 Å². The topological polar surface area (TPSA) is 90.0 Å². The van der Waals surface area contributed by atoms with Crippen LogP contribution < -0.4 is 10.2 Å². The first kappa shape index (κ1) is 20.8. The van der Waals surface area contributed by atoms with Gasteiger partial charge in [0, 0.05) is 51.4 Å². The maximum absolute atomic E-state index is 12.5. The molecule has 2 aliphatic heterocycles. The van der Waals surface area contributed by atoms with E-state index >= 15 is 0 Å². The molecule has 0 saturated carbocycles. The summed E-state index contributed by atoms with van der Waals surface area (Å²) < 4.78 is 26.4. The van der Waals surface area contributed by atoms with Crippen molar-refractivity contribution in [3.8, 4) is 0 Å². The van der Waals surface area contributed by atoms with Crippen LogP contribution in [0.3, 0.4) is 0 Å². The number of likely N-dealkylation sites (N-methyl/N-ethyl adjacent to an activating group) is 1. The number of carbonyl (C=O) groups excluding carboxylic acids is 2. The molecule has 1 aromatic rings. The number of amides is 2. The van der Waals surface area contributed by atoms with Crippen molar-refractivity contribution in [2.24, 2.45) is 5.92 Å². The van der Waals surface area contributed by atoms with Crippen molar-refractivity contribution in [2.75, 3.05) is 56.5 Å². The number of piperazine rings is 1. The molecule has 3 rings (SSSR count). The molecule has 8 nitrogen and oxygen atoms in total. The molecule has 2 amide bonds. The molecule has 2 aliphatic rings. The molecular formula is C19H28N4O4S.